The number of ether oxygens (including phenoxy) is 1. The number of rotatable bonds is 7. The van der Waals surface area contributed by atoms with Crippen molar-refractivity contribution in [3.63, 3.8) is 0 Å². The van der Waals surface area contributed by atoms with Crippen molar-refractivity contribution < 1.29 is 23.9 Å². The molecule has 8 nitrogen and oxygen atoms in total. The van der Waals surface area contributed by atoms with Crippen LogP contribution in [0.15, 0.2) is 0 Å². The maximum Gasteiger partial charge on any atom is 0.338 e. The minimum Gasteiger partial charge on any atom is -0.784 e. The molecule has 9 heteroatoms. The summed E-state index contributed by atoms with van der Waals surface area (Å²) in [6, 6.07) is 0. The molecule has 0 saturated carbocycles. The van der Waals surface area contributed by atoms with Crippen molar-refractivity contribution in [2.45, 2.75) is 12.8 Å². The molecule has 1 fully saturated rings. The summed E-state index contributed by atoms with van der Waals surface area (Å²) in [4.78, 5) is 30.4. The monoisotopic (exact) mass is 281 g/mol. The molecule has 0 atom stereocenters. The van der Waals surface area contributed by atoms with Crippen LogP contribution in [0.2, 0.25) is 0 Å². The van der Waals surface area contributed by atoms with Crippen LogP contribution < -0.4 is 0 Å². The SMILES string of the molecule is O=C(CN([O-])CP(=O)(O)O)OCCN1CCCC1. The van der Waals surface area contributed by atoms with E-state index in [0.29, 0.717) is 6.54 Å². The van der Waals surface area contributed by atoms with Crippen molar-refractivity contribution in [2.24, 2.45) is 0 Å². The zero-order valence-corrected chi connectivity index (χ0v) is 10.9. The molecule has 18 heavy (non-hydrogen) atoms. The van der Waals surface area contributed by atoms with E-state index in [2.05, 4.69) is 4.90 Å². The molecule has 0 aromatic rings. The van der Waals surface area contributed by atoms with Gasteiger partial charge in [0.1, 0.15) is 6.61 Å². The Kier molecular flexibility index (Phi) is 6.20. The second-order valence-electron chi connectivity index (χ2n) is 4.22. The van der Waals surface area contributed by atoms with E-state index in [4.69, 9.17) is 14.5 Å². The Morgan fingerprint density at radius 1 is 1.39 bits per heavy atom. The first-order chi connectivity index (χ1) is 8.37. The van der Waals surface area contributed by atoms with Crippen LogP contribution >= 0.6 is 7.60 Å². The van der Waals surface area contributed by atoms with Crippen molar-refractivity contribution in [1.82, 2.24) is 9.96 Å². The van der Waals surface area contributed by atoms with Crippen LogP contribution in [0.4, 0.5) is 0 Å². The molecule has 0 unspecified atom stereocenters. The van der Waals surface area contributed by atoms with Gasteiger partial charge in [-0.15, -0.1) is 0 Å². The summed E-state index contributed by atoms with van der Waals surface area (Å²) < 4.78 is 15.3. The first-order valence-electron chi connectivity index (χ1n) is 5.71. The average Bonchev–Trinajstić information content (AvgIpc) is 2.66. The van der Waals surface area contributed by atoms with E-state index in [0.717, 1.165) is 25.9 Å². The van der Waals surface area contributed by atoms with Crippen molar-refractivity contribution in [3.8, 4) is 0 Å². The molecule has 1 aliphatic rings. The van der Waals surface area contributed by atoms with Crippen LogP contribution in [-0.2, 0) is 14.1 Å². The molecular formula is C9H18N2O6P-. The normalized spacial score (nSPS) is 17.3. The van der Waals surface area contributed by atoms with E-state index in [-0.39, 0.29) is 11.7 Å². The van der Waals surface area contributed by atoms with Gasteiger partial charge in [0.25, 0.3) is 0 Å². The van der Waals surface area contributed by atoms with Crippen LogP contribution in [0.25, 0.3) is 0 Å². The number of hydrogen-bond donors (Lipinski definition) is 2. The number of likely N-dealkylation sites (tertiary alicyclic amines) is 1. The smallest absolute Gasteiger partial charge is 0.338 e. The number of carbonyl (C=O) groups is 1. The topological polar surface area (TPSA) is 113 Å². The Morgan fingerprint density at radius 2 is 2.00 bits per heavy atom. The quantitative estimate of drug-likeness (QED) is 0.367. The summed E-state index contributed by atoms with van der Waals surface area (Å²) in [5.41, 5.74) is 0. The maximum atomic E-state index is 11.2. The second kappa shape index (κ2) is 7.18. The lowest BCUT2D eigenvalue weighted by atomic mass is 10.4. The van der Waals surface area contributed by atoms with Gasteiger partial charge >= 0.3 is 13.6 Å². The minimum atomic E-state index is -4.42. The van der Waals surface area contributed by atoms with Gasteiger partial charge in [-0.25, -0.2) is 0 Å². The van der Waals surface area contributed by atoms with Gasteiger partial charge < -0.3 is 24.8 Å². The van der Waals surface area contributed by atoms with Crippen LogP contribution in [0, 0.1) is 5.21 Å². The van der Waals surface area contributed by atoms with E-state index < -0.39 is 26.4 Å². The minimum absolute atomic E-state index is 0.0129. The maximum absolute atomic E-state index is 11.2. The highest BCUT2D eigenvalue weighted by atomic mass is 31.2. The fraction of sp³-hybridized carbons (Fsp3) is 0.889. The highest BCUT2D eigenvalue weighted by molar-refractivity contribution is 7.51. The molecule has 0 bridgehead atoms. The van der Waals surface area contributed by atoms with Gasteiger partial charge in [0, 0.05) is 6.54 Å². The number of hydrogen-bond acceptors (Lipinski definition) is 6. The third-order valence-electron chi connectivity index (χ3n) is 2.52. The Morgan fingerprint density at radius 3 is 2.56 bits per heavy atom. The predicted octanol–water partition coefficient (Wildman–Crippen LogP) is -0.440. The summed E-state index contributed by atoms with van der Waals surface area (Å²) >= 11 is 0. The molecule has 1 aliphatic heterocycles. The van der Waals surface area contributed by atoms with E-state index in [1.807, 2.05) is 0 Å². The summed E-state index contributed by atoms with van der Waals surface area (Å²) in [5.74, 6) is -0.766. The van der Waals surface area contributed by atoms with Gasteiger partial charge in [-0.1, -0.05) is 0 Å². The zero-order valence-electron chi connectivity index (χ0n) is 10.0. The third-order valence-corrected chi connectivity index (χ3v) is 3.20. The third kappa shape index (κ3) is 7.05. The van der Waals surface area contributed by atoms with Gasteiger partial charge in [-0.2, -0.15) is 0 Å². The Balaban J connectivity index is 2.11. The largest absolute Gasteiger partial charge is 0.784 e. The van der Waals surface area contributed by atoms with Gasteiger partial charge in [0.2, 0.25) is 0 Å². The van der Waals surface area contributed by atoms with Gasteiger partial charge in [-0.3, -0.25) is 14.3 Å². The standard InChI is InChI=1S/C9H18N2O6P/c12-9(7-11(13)8-18(14,15)16)17-6-5-10-3-1-2-4-10/h1-8H2,(H2,14,15,16)/q-1. The predicted molar refractivity (Wildman–Crippen MR) is 63.6 cm³/mol. The summed E-state index contributed by atoms with van der Waals surface area (Å²) in [6.07, 6.45) is 1.30. The van der Waals surface area contributed by atoms with E-state index >= 15 is 0 Å². The van der Waals surface area contributed by atoms with E-state index in [1.165, 1.54) is 0 Å². The van der Waals surface area contributed by atoms with Crippen molar-refractivity contribution in [1.29, 1.82) is 0 Å². The fourth-order valence-corrected chi connectivity index (χ4v) is 2.25. The Bertz CT molecular complexity index is 314. The fourth-order valence-electron chi connectivity index (χ4n) is 1.74. The molecule has 106 valence electrons. The molecule has 2 N–H and O–H groups in total. The molecule has 1 rings (SSSR count). The Hall–Kier alpha value is -0.500. The molecule has 1 heterocycles. The van der Waals surface area contributed by atoms with Gasteiger partial charge in [0.15, 0.2) is 0 Å². The highest BCUT2D eigenvalue weighted by Crippen LogP contribution is 2.34. The molecule has 0 aliphatic carbocycles. The van der Waals surface area contributed by atoms with Gasteiger partial charge in [-0.05, 0) is 25.9 Å². The van der Waals surface area contributed by atoms with Crippen LogP contribution in [0.3, 0.4) is 0 Å². The first-order valence-corrected chi connectivity index (χ1v) is 7.51. The molecule has 0 spiro atoms. The lowest BCUT2D eigenvalue weighted by molar-refractivity contribution is -0.144. The first kappa shape index (κ1) is 15.6. The molecule has 0 amide bonds. The zero-order chi connectivity index (χ0) is 13.6. The molecule has 0 aromatic carbocycles. The van der Waals surface area contributed by atoms with Crippen LogP contribution in [0.5, 0.6) is 0 Å². The lowest BCUT2D eigenvalue weighted by Gasteiger charge is -2.26. The van der Waals surface area contributed by atoms with E-state index in [9.17, 15) is 14.6 Å². The summed E-state index contributed by atoms with van der Waals surface area (Å²) in [7, 11) is -4.42. The number of esters is 1. The Labute approximate surface area is 105 Å². The number of nitrogens with zero attached hydrogens (tertiary/aromatic N) is 2. The van der Waals surface area contributed by atoms with E-state index in [1.54, 1.807) is 0 Å². The number of hydroxylamine groups is 2. The average molecular weight is 281 g/mol. The lowest BCUT2D eigenvalue weighted by Crippen LogP contribution is -2.30. The molecule has 0 aromatic heterocycles. The molecule has 1 saturated heterocycles. The van der Waals surface area contributed by atoms with Crippen LogP contribution in [0.1, 0.15) is 12.8 Å². The van der Waals surface area contributed by atoms with Crippen molar-refractivity contribution in [2.75, 3.05) is 39.1 Å². The van der Waals surface area contributed by atoms with Crippen LogP contribution in [-0.4, -0.2) is 64.8 Å². The highest BCUT2D eigenvalue weighted by Gasteiger charge is 2.16. The van der Waals surface area contributed by atoms with Crippen molar-refractivity contribution >= 4 is 13.6 Å². The van der Waals surface area contributed by atoms with Gasteiger partial charge in [0.05, 0.1) is 12.8 Å². The summed E-state index contributed by atoms with van der Waals surface area (Å²) in [5, 5.41) is 11.0. The number of carbonyl (C=O) groups excluding carboxylic acids is 1. The molecular weight excluding hydrogens is 263 g/mol. The van der Waals surface area contributed by atoms with Crippen molar-refractivity contribution in [3.05, 3.63) is 5.21 Å². The molecule has 0 radical (unpaired) electrons. The second-order valence-corrected chi connectivity index (χ2v) is 5.83. The summed E-state index contributed by atoms with van der Waals surface area (Å²) in [6.45, 7) is 2.14.